The smallest absolute Gasteiger partial charge is 0.289 e. The Kier molecular flexibility index (Phi) is 6.31. The van der Waals surface area contributed by atoms with Crippen LogP contribution in [0.3, 0.4) is 0 Å². The lowest BCUT2D eigenvalue weighted by Crippen LogP contribution is -2.25. The summed E-state index contributed by atoms with van der Waals surface area (Å²) in [5.41, 5.74) is 5.80. The molecule has 0 saturated heterocycles. The molecular weight excluding hydrogens is 386 g/mol. The standard InChI is InChI=1S/C18H14ClN5O4/c1-11(25)23(15-5-2-13(21)3-6-15)10-12(9-20)18(26)22-14-4-7-16(19)17(8-14)24(27)28/h2-8,10H,21H2,1H3,(H,22,26)/b12-10-. The lowest BCUT2D eigenvalue weighted by molar-refractivity contribution is -0.384. The molecule has 0 aliphatic rings. The van der Waals surface area contributed by atoms with Crippen molar-refractivity contribution >= 4 is 46.2 Å². The van der Waals surface area contributed by atoms with E-state index in [-0.39, 0.29) is 16.3 Å². The number of nitrogens with zero attached hydrogens (tertiary/aromatic N) is 3. The number of nitrogen functional groups attached to an aromatic ring is 1. The molecule has 0 heterocycles. The van der Waals surface area contributed by atoms with Gasteiger partial charge in [-0.3, -0.25) is 24.6 Å². The highest BCUT2D eigenvalue weighted by molar-refractivity contribution is 6.32. The monoisotopic (exact) mass is 399 g/mol. The molecule has 0 aliphatic carbocycles. The van der Waals surface area contributed by atoms with E-state index in [2.05, 4.69) is 5.32 Å². The molecule has 0 spiro atoms. The van der Waals surface area contributed by atoms with Crippen LogP contribution in [0.2, 0.25) is 5.02 Å². The van der Waals surface area contributed by atoms with E-state index < -0.39 is 22.4 Å². The van der Waals surface area contributed by atoms with Crippen molar-refractivity contribution in [3.8, 4) is 6.07 Å². The maximum absolute atomic E-state index is 12.4. The predicted molar refractivity (Wildman–Crippen MR) is 104 cm³/mol. The second-order valence-corrected chi connectivity index (χ2v) is 5.92. The number of halogens is 1. The predicted octanol–water partition coefficient (Wildman–Crippen LogP) is 3.23. The first-order valence-corrected chi connectivity index (χ1v) is 8.13. The number of carbonyl (C=O) groups is 2. The molecule has 0 fully saturated rings. The van der Waals surface area contributed by atoms with Crippen molar-refractivity contribution in [2.45, 2.75) is 6.92 Å². The number of amides is 2. The highest BCUT2D eigenvalue weighted by atomic mass is 35.5. The van der Waals surface area contributed by atoms with Crippen molar-refractivity contribution in [2.24, 2.45) is 0 Å². The zero-order valence-corrected chi connectivity index (χ0v) is 15.3. The Labute approximate surface area is 164 Å². The van der Waals surface area contributed by atoms with E-state index >= 15 is 0 Å². The Morgan fingerprint density at radius 1 is 1.29 bits per heavy atom. The van der Waals surface area contributed by atoms with Crippen molar-refractivity contribution in [3.05, 3.63) is 69.4 Å². The number of rotatable bonds is 5. The van der Waals surface area contributed by atoms with E-state index in [1.807, 2.05) is 0 Å². The summed E-state index contributed by atoms with van der Waals surface area (Å²) in [6.07, 6.45) is 1.08. The van der Waals surface area contributed by atoms with Crippen molar-refractivity contribution in [1.29, 1.82) is 5.26 Å². The van der Waals surface area contributed by atoms with Gasteiger partial charge in [0, 0.05) is 36.3 Å². The zero-order chi connectivity index (χ0) is 20.8. The van der Waals surface area contributed by atoms with Crippen LogP contribution in [0.25, 0.3) is 0 Å². The Morgan fingerprint density at radius 2 is 1.93 bits per heavy atom. The van der Waals surface area contributed by atoms with Gasteiger partial charge in [0.05, 0.1) is 4.92 Å². The number of nitriles is 1. The summed E-state index contributed by atoms with van der Waals surface area (Å²) in [6.45, 7) is 1.27. The number of nitrogens with one attached hydrogen (secondary N) is 1. The first-order valence-electron chi connectivity index (χ1n) is 7.75. The highest BCUT2D eigenvalue weighted by Gasteiger charge is 2.18. The number of hydrogen-bond acceptors (Lipinski definition) is 6. The summed E-state index contributed by atoms with van der Waals surface area (Å²) < 4.78 is 0. The van der Waals surface area contributed by atoms with Gasteiger partial charge in [0.25, 0.3) is 11.6 Å². The Morgan fingerprint density at radius 3 is 2.46 bits per heavy atom. The van der Waals surface area contributed by atoms with Gasteiger partial charge in [-0.25, -0.2) is 0 Å². The van der Waals surface area contributed by atoms with Crippen LogP contribution in [0.15, 0.2) is 54.2 Å². The molecule has 0 saturated carbocycles. The highest BCUT2D eigenvalue weighted by Crippen LogP contribution is 2.27. The molecule has 2 aromatic rings. The minimum Gasteiger partial charge on any atom is -0.399 e. The SMILES string of the molecule is CC(=O)N(/C=C(/C#N)C(=O)Nc1ccc(Cl)c([N+](=O)[O-])c1)c1ccc(N)cc1. The van der Waals surface area contributed by atoms with E-state index in [1.54, 1.807) is 30.3 Å². The molecule has 142 valence electrons. The normalized spacial score (nSPS) is 10.7. The van der Waals surface area contributed by atoms with Crippen LogP contribution in [-0.4, -0.2) is 16.7 Å². The van der Waals surface area contributed by atoms with Gasteiger partial charge in [0.1, 0.15) is 16.7 Å². The van der Waals surface area contributed by atoms with Crippen LogP contribution >= 0.6 is 11.6 Å². The second-order valence-electron chi connectivity index (χ2n) is 5.51. The van der Waals surface area contributed by atoms with Crippen molar-refractivity contribution in [3.63, 3.8) is 0 Å². The summed E-state index contributed by atoms with van der Waals surface area (Å²) in [4.78, 5) is 35.7. The van der Waals surface area contributed by atoms with Gasteiger partial charge >= 0.3 is 0 Å². The first-order chi connectivity index (χ1) is 13.2. The first kappa shape index (κ1) is 20.4. The summed E-state index contributed by atoms with van der Waals surface area (Å²) in [5.74, 6) is -1.28. The maximum atomic E-state index is 12.4. The summed E-state index contributed by atoms with van der Waals surface area (Å²) in [6, 6.07) is 11.6. The van der Waals surface area contributed by atoms with Crippen LogP contribution < -0.4 is 16.0 Å². The van der Waals surface area contributed by atoms with Crippen molar-refractivity contribution in [2.75, 3.05) is 16.0 Å². The van der Waals surface area contributed by atoms with E-state index in [0.717, 1.165) is 17.2 Å². The largest absolute Gasteiger partial charge is 0.399 e. The molecule has 0 atom stereocenters. The fourth-order valence-corrected chi connectivity index (χ4v) is 2.36. The van der Waals surface area contributed by atoms with Gasteiger partial charge in [-0.2, -0.15) is 5.26 Å². The molecule has 0 aliphatic heterocycles. The van der Waals surface area contributed by atoms with Gasteiger partial charge in [-0.1, -0.05) is 11.6 Å². The number of carbonyl (C=O) groups excluding carboxylic acids is 2. The Hall–Kier alpha value is -3.90. The fraction of sp³-hybridized carbons (Fsp3) is 0.0556. The Balaban J connectivity index is 2.32. The average molecular weight is 400 g/mol. The molecule has 0 radical (unpaired) electrons. The van der Waals surface area contributed by atoms with Crippen molar-refractivity contribution < 1.29 is 14.5 Å². The van der Waals surface area contributed by atoms with E-state index in [4.69, 9.17) is 17.3 Å². The molecule has 2 aromatic carbocycles. The van der Waals surface area contributed by atoms with Crippen LogP contribution in [0.1, 0.15) is 6.92 Å². The van der Waals surface area contributed by atoms with E-state index in [9.17, 15) is 25.0 Å². The third-order valence-electron chi connectivity index (χ3n) is 3.53. The maximum Gasteiger partial charge on any atom is 0.289 e. The number of nitro groups is 1. The molecule has 28 heavy (non-hydrogen) atoms. The van der Waals surface area contributed by atoms with Crippen LogP contribution in [0, 0.1) is 21.4 Å². The lowest BCUT2D eigenvalue weighted by Gasteiger charge is -2.17. The topological polar surface area (TPSA) is 142 Å². The fourth-order valence-electron chi connectivity index (χ4n) is 2.18. The minimum absolute atomic E-state index is 0.0732. The number of hydrogen-bond donors (Lipinski definition) is 2. The minimum atomic E-state index is -0.846. The lowest BCUT2D eigenvalue weighted by atomic mass is 10.2. The quantitative estimate of drug-likeness (QED) is 0.260. The molecule has 3 N–H and O–H groups in total. The van der Waals surface area contributed by atoms with Gasteiger partial charge in [-0.15, -0.1) is 0 Å². The number of anilines is 3. The number of benzene rings is 2. The summed E-state index contributed by atoms with van der Waals surface area (Å²) >= 11 is 5.73. The molecule has 0 bridgehead atoms. The van der Waals surface area contributed by atoms with Crippen LogP contribution in [0.5, 0.6) is 0 Å². The van der Waals surface area contributed by atoms with Crippen LogP contribution in [-0.2, 0) is 9.59 Å². The molecule has 0 unspecified atom stereocenters. The molecular formula is C18H14ClN5O4. The molecule has 2 rings (SSSR count). The van der Waals surface area contributed by atoms with Crippen molar-refractivity contribution in [1.82, 2.24) is 0 Å². The molecule has 0 aromatic heterocycles. The average Bonchev–Trinajstić information content (AvgIpc) is 2.64. The second kappa shape index (κ2) is 8.66. The molecule has 2 amide bonds. The number of nitro benzene ring substituents is 1. The summed E-state index contributed by atoms with van der Waals surface area (Å²) in [5, 5.41) is 22.5. The van der Waals surface area contributed by atoms with E-state index in [1.165, 1.54) is 19.1 Å². The third kappa shape index (κ3) is 4.84. The van der Waals surface area contributed by atoms with Crippen LogP contribution in [0.4, 0.5) is 22.7 Å². The van der Waals surface area contributed by atoms with Gasteiger partial charge in [0.2, 0.25) is 5.91 Å². The van der Waals surface area contributed by atoms with Gasteiger partial charge in [-0.05, 0) is 36.4 Å². The zero-order valence-electron chi connectivity index (χ0n) is 14.5. The third-order valence-corrected chi connectivity index (χ3v) is 3.85. The van der Waals surface area contributed by atoms with Gasteiger partial charge < -0.3 is 11.1 Å². The van der Waals surface area contributed by atoms with Gasteiger partial charge in [0.15, 0.2) is 0 Å². The Bertz CT molecular complexity index is 1010. The molecule has 9 nitrogen and oxygen atoms in total. The van der Waals surface area contributed by atoms with E-state index in [0.29, 0.717) is 11.4 Å². The summed E-state index contributed by atoms with van der Waals surface area (Å²) in [7, 11) is 0. The number of nitrogens with two attached hydrogens (primary N) is 1. The molecule has 10 heteroatoms.